The van der Waals surface area contributed by atoms with Crippen LogP contribution < -0.4 is 0 Å². The molecule has 1 heteroatoms. The molecule has 2 unspecified atom stereocenters. The summed E-state index contributed by atoms with van der Waals surface area (Å²) < 4.78 is 1.45. The minimum Gasteiger partial charge on any atom is -0.324 e. The lowest BCUT2D eigenvalue weighted by molar-refractivity contribution is -0.934. The number of piperidine rings is 1. The average molecular weight is 367 g/mol. The predicted octanol–water partition coefficient (Wildman–Crippen LogP) is 8.12. The summed E-state index contributed by atoms with van der Waals surface area (Å²) in [7, 11) is 0. The van der Waals surface area contributed by atoms with E-state index in [9.17, 15) is 0 Å². The van der Waals surface area contributed by atoms with Crippen LogP contribution in [0.1, 0.15) is 130 Å². The molecule has 0 radical (unpaired) electrons. The van der Waals surface area contributed by atoms with Gasteiger partial charge in [-0.2, -0.15) is 0 Å². The highest BCUT2D eigenvalue weighted by molar-refractivity contribution is 4.66. The Labute approximate surface area is 166 Å². The smallest absolute Gasteiger partial charge is 0.0815 e. The summed E-state index contributed by atoms with van der Waals surface area (Å²) in [4.78, 5) is 0. The van der Waals surface area contributed by atoms with Crippen LogP contribution in [-0.2, 0) is 0 Å². The van der Waals surface area contributed by atoms with Gasteiger partial charge in [0.15, 0.2) is 0 Å². The van der Waals surface area contributed by atoms with Crippen molar-refractivity contribution >= 4 is 0 Å². The fraction of sp³-hybridized carbons (Fsp3) is 1.00. The van der Waals surface area contributed by atoms with Crippen LogP contribution in [0.25, 0.3) is 0 Å². The van der Waals surface area contributed by atoms with Gasteiger partial charge in [-0.05, 0) is 39.0 Å². The first-order valence-corrected chi connectivity index (χ1v) is 12.6. The van der Waals surface area contributed by atoms with Gasteiger partial charge in [0.25, 0.3) is 0 Å². The summed E-state index contributed by atoms with van der Waals surface area (Å²) in [6.07, 6.45) is 24.9. The Kier molecular flexibility index (Phi) is 14.7. The van der Waals surface area contributed by atoms with Gasteiger partial charge < -0.3 is 4.48 Å². The second-order valence-electron chi connectivity index (χ2n) is 9.33. The number of likely N-dealkylation sites (tertiary alicyclic amines) is 1. The topological polar surface area (TPSA) is 0 Å². The zero-order valence-electron chi connectivity index (χ0n) is 18.9. The van der Waals surface area contributed by atoms with E-state index in [4.69, 9.17) is 0 Å². The number of hydrogen-bond acceptors (Lipinski definition) is 0. The molecule has 0 aromatic carbocycles. The van der Waals surface area contributed by atoms with Gasteiger partial charge in [-0.3, -0.25) is 0 Å². The van der Waals surface area contributed by atoms with Crippen molar-refractivity contribution in [2.24, 2.45) is 5.92 Å². The van der Waals surface area contributed by atoms with Crippen LogP contribution in [0.15, 0.2) is 0 Å². The van der Waals surface area contributed by atoms with Crippen LogP contribution >= 0.6 is 0 Å². The second kappa shape index (κ2) is 16.0. The predicted molar refractivity (Wildman–Crippen MR) is 119 cm³/mol. The SMILES string of the molecule is CCCCCCCCCC1CCC[N+](CC)(CCCCCCCCC)C1. The molecule has 156 valence electrons. The Balaban J connectivity index is 2.14. The molecule has 0 spiro atoms. The number of hydrogen-bond donors (Lipinski definition) is 0. The van der Waals surface area contributed by atoms with Crippen LogP contribution in [0.4, 0.5) is 0 Å². The van der Waals surface area contributed by atoms with E-state index in [0.29, 0.717) is 0 Å². The molecule has 1 aliphatic heterocycles. The van der Waals surface area contributed by atoms with Crippen molar-refractivity contribution < 1.29 is 4.48 Å². The standard InChI is InChI=1S/C25H52N/c1-4-7-9-11-13-15-17-20-25-21-19-23-26(6-3,24-25)22-18-16-14-12-10-8-5-2/h25H,4-24H2,1-3H3/q+1. The van der Waals surface area contributed by atoms with Crippen molar-refractivity contribution in [2.45, 2.75) is 130 Å². The Morgan fingerprint density at radius 2 is 1.19 bits per heavy atom. The van der Waals surface area contributed by atoms with Gasteiger partial charge in [0, 0.05) is 5.92 Å². The van der Waals surface area contributed by atoms with Gasteiger partial charge in [0.2, 0.25) is 0 Å². The first-order chi connectivity index (χ1) is 12.8. The van der Waals surface area contributed by atoms with Crippen LogP contribution in [0, 0.1) is 5.92 Å². The molecule has 0 aromatic rings. The fourth-order valence-electron chi connectivity index (χ4n) is 5.12. The third-order valence-corrected chi connectivity index (χ3v) is 7.01. The molecule has 0 aliphatic carbocycles. The van der Waals surface area contributed by atoms with Crippen molar-refractivity contribution in [1.29, 1.82) is 0 Å². The molecule has 1 saturated heterocycles. The molecule has 2 atom stereocenters. The summed E-state index contributed by atoms with van der Waals surface area (Å²) in [6, 6.07) is 0. The summed E-state index contributed by atoms with van der Waals surface area (Å²) >= 11 is 0. The third-order valence-electron chi connectivity index (χ3n) is 7.01. The zero-order chi connectivity index (χ0) is 18.9. The Morgan fingerprint density at radius 3 is 1.77 bits per heavy atom. The first-order valence-electron chi connectivity index (χ1n) is 12.6. The summed E-state index contributed by atoms with van der Waals surface area (Å²) in [5.74, 6) is 1.03. The quantitative estimate of drug-likeness (QED) is 0.180. The molecule has 0 N–H and O–H groups in total. The zero-order valence-corrected chi connectivity index (χ0v) is 18.9. The maximum atomic E-state index is 2.46. The second-order valence-corrected chi connectivity index (χ2v) is 9.33. The highest BCUT2D eigenvalue weighted by Crippen LogP contribution is 2.28. The van der Waals surface area contributed by atoms with Gasteiger partial charge in [0.1, 0.15) is 0 Å². The number of unbranched alkanes of at least 4 members (excludes halogenated alkanes) is 12. The van der Waals surface area contributed by atoms with Gasteiger partial charge in [-0.1, -0.05) is 90.9 Å². The van der Waals surface area contributed by atoms with E-state index >= 15 is 0 Å². The molecule has 0 bridgehead atoms. The first kappa shape index (κ1) is 24.0. The van der Waals surface area contributed by atoms with E-state index in [0.717, 1.165) is 5.92 Å². The van der Waals surface area contributed by atoms with Crippen LogP contribution in [0.3, 0.4) is 0 Å². The lowest BCUT2D eigenvalue weighted by atomic mass is 9.90. The summed E-state index contributed by atoms with van der Waals surface area (Å²) in [5.41, 5.74) is 0. The Morgan fingerprint density at radius 1 is 0.654 bits per heavy atom. The molecule has 0 amide bonds. The van der Waals surface area contributed by atoms with Gasteiger partial charge in [0.05, 0.1) is 26.2 Å². The van der Waals surface area contributed by atoms with E-state index in [1.807, 2.05) is 0 Å². The molecule has 1 nitrogen and oxygen atoms in total. The minimum absolute atomic E-state index is 1.03. The highest BCUT2D eigenvalue weighted by Gasteiger charge is 2.32. The van der Waals surface area contributed by atoms with Gasteiger partial charge >= 0.3 is 0 Å². The monoisotopic (exact) mass is 366 g/mol. The van der Waals surface area contributed by atoms with E-state index in [2.05, 4.69) is 20.8 Å². The minimum atomic E-state index is 1.03. The van der Waals surface area contributed by atoms with E-state index in [1.165, 1.54) is 140 Å². The van der Waals surface area contributed by atoms with E-state index in [1.54, 1.807) is 0 Å². The molecule has 0 saturated carbocycles. The summed E-state index contributed by atoms with van der Waals surface area (Å²) in [5, 5.41) is 0. The van der Waals surface area contributed by atoms with Crippen LogP contribution in [-0.4, -0.2) is 30.7 Å². The lowest BCUT2D eigenvalue weighted by Gasteiger charge is -2.44. The van der Waals surface area contributed by atoms with Crippen molar-refractivity contribution in [3.63, 3.8) is 0 Å². The van der Waals surface area contributed by atoms with Crippen molar-refractivity contribution in [2.75, 3.05) is 26.2 Å². The highest BCUT2D eigenvalue weighted by atomic mass is 15.4. The fourth-order valence-corrected chi connectivity index (χ4v) is 5.12. The molecule has 0 aromatic heterocycles. The molecule has 26 heavy (non-hydrogen) atoms. The van der Waals surface area contributed by atoms with E-state index < -0.39 is 0 Å². The average Bonchev–Trinajstić information content (AvgIpc) is 2.67. The molecule has 1 aliphatic rings. The van der Waals surface area contributed by atoms with E-state index in [-0.39, 0.29) is 0 Å². The van der Waals surface area contributed by atoms with Gasteiger partial charge in [-0.15, -0.1) is 0 Å². The third kappa shape index (κ3) is 11.0. The molecule has 1 fully saturated rings. The van der Waals surface area contributed by atoms with Crippen molar-refractivity contribution in [3.8, 4) is 0 Å². The molecule has 1 rings (SSSR count). The normalized spacial score (nSPS) is 23.4. The maximum absolute atomic E-state index is 2.46. The maximum Gasteiger partial charge on any atom is 0.0815 e. The lowest BCUT2D eigenvalue weighted by Crippen LogP contribution is -2.54. The van der Waals surface area contributed by atoms with Crippen molar-refractivity contribution in [3.05, 3.63) is 0 Å². The Bertz CT molecular complexity index is 301. The summed E-state index contributed by atoms with van der Waals surface area (Å²) in [6.45, 7) is 12.9. The molecular weight excluding hydrogens is 314 g/mol. The van der Waals surface area contributed by atoms with Crippen LogP contribution in [0.2, 0.25) is 0 Å². The van der Waals surface area contributed by atoms with Crippen molar-refractivity contribution in [1.82, 2.24) is 0 Å². The Hall–Kier alpha value is -0.0400. The van der Waals surface area contributed by atoms with Gasteiger partial charge in [-0.25, -0.2) is 0 Å². The number of quaternary nitrogens is 1. The molecular formula is C25H52N+. The number of nitrogens with zero attached hydrogens (tertiary/aromatic N) is 1. The molecule has 1 heterocycles. The largest absolute Gasteiger partial charge is 0.324 e. The number of rotatable bonds is 17. The van der Waals surface area contributed by atoms with Crippen LogP contribution in [0.5, 0.6) is 0 Å².